The van der Waals surface area contributed by atoms with Crippen molar-refractivity contribution in [2.75, 3.05) is 0 Å². The van der Waals surface area contributed by atoms with E-state index in [4.69, 9.17) is 4.98 Å². The first kappa shape index (κ1) is 28.5. The maximum Gasteiger partial charge on any atom is 0.0564 e. The van der Waals surface area contributed by atoms with Gasteiger partial charge in [0.15, 0.2) is 0 Å². The van der Waals surface area contributed by atoms with Gasteiger partial charge in [-0.05, 0) is 52.2 Å². The SMILES string of the molecule is Fc1c[c-]c(-c2ncc3c4ccccc4n4c5ccc(-c6ccccc6)cc5c2c34)cc1.[Ir].[c-]1ccccc1-c1ccccn1. The number of nitrogens with zero attached hydrogens (tertiary/aromatic N) is 3. The minimum Gasteiger partial charge on any atom is -0.309 e. The molecule has 0 unspecified atom stereocenters. The summed E-state index contributed by atoms with van der Waals surface area (Å²) in [5.41, 5.74) is 9.41. The quantitative estimate of drug-likeness (QED) is 0.168. The minimum atomic E-state index is -0.299. The summed E-state index contributed by atoms with van der Waals surface area (Å²) < 4.78 is 15.9. The van der Waals surface area contributed by atoms with E-state index in [9.17, 15) is 4.39 Å². The molecule has 0 amide bonds. The van der Waals surface area contributed by atoms with Crippen molar-refractivity contribution in [3.8, 4) is 33.6 Å². The Balaban J connectivity index is 0.000000211. The Labute approximate surface area is 273 Å². The molecule has 0 fully saturated rings. The van der Waals surface area contributed by atoms with E-state index in [-0.39, 0.29) is 25.9 Å². The Bertz CT molecular complexity index is 2330. The molecule has 0 bridgehead atoms. The number of benzene rings is 5. The smallest absolute Gasteiger partial charge is 0.0564 e. The molecular weight excluding hydrogens is 734 g/mol. The molecule has 3 nitrogen and oxygen atoms in total. The molecule has 0 aliphatic carbocycles. The third kappa shape index (κ3) is 5.06. The van der Waals surface area contributed by atoms with Gasteiger partial charge in [-0.3, -0.25) is 4.39 Å². The molecule has 0 atom stereocenters. The molecule has 45 heavy (non-hydrogen) atoms. The Morgan fingerprint density at radius 1 is 0.600 bits per heavy atom. The molecule has 0 N–H and O–H groups in total. The van der Waals surface area contributed by atoms with Crippen molar-refractivity contribution in [3.05, 3.63) is 164 Å². The van der Waals surface area contributed by atoms with Crippen LogP contribution in [-0.4, -0.2) is 14.4 Å². The van der Waals surface area contributed by atoms with Crippen LogP contribution in [0.2, 0.25) is 0 Å². The van der Waals surface area contributed by atoms with Crippen molar-refractivity contribution < 1.29 is 24.5 Å². The number of aromatic nitrogens is 3. The maximum absolute atomic E-state index is 13.6. The van der Waals surface area contributed by atoms with Crippen molar-refractivity contribution in [1.82, 2.24) is 14.4 Å². The molecule has 5 aromatic carbocycles. The molecule has 0 spiro atoms. The van der Waals surface area contributed by atoms with Gasteiger partial charge in [0.05, 0.1) is 16.6 Å². The average molecular weight is 758 g/mol. The first-order valence-corrected chi connectivity index (χ1v) is 14.4. The van der Waals surface area contributed by atoms with Crippen LogP contribution in [0.5, 0.6) is 0 Å². The third-order valence-corrected chi connectivity index (χ3v) is 8.00. The van der Waals surface area contributed by atoms with E-state index in [1.165, 1.54) is 23.1 Å². The van der Waals surface area contributed by atoms with Gasteiger partial charge in [0.1, 0.15) is 0 Å². The van der Waals surface area contributed by atoms with E-state index in [1.54, 1.807) is 12.3 Å². The second-order valence-corrected chi connectivity index (χ2v) is 10.6. The number of halogens is 1. The molecule has 4 heterocycles. The maximum atomic E-state index is 13.6. The summed E-state index contributed by atoms with van der Waals surface area (Å²) in [5, 5.41) is 4.52. The van der Waals surface area contributed by atoms with Gasteiger partial charge < -0.3 is 14.4 Å². The van der Waals surface area contributed by atoms with Crippen molar-refractivity contribution in [1.29, 1.82) is 0 Å². The van der Waals surface area contributed by atoms with Gasteiger partial charge in [-0.25, -0.2) is 0 Å². The van der Waals surface area contributed by atoms with Crippen LogP contribution in [0.1, 0.15) is 0 Å². The fourth-order valence-corrected chi connectivity index (χ4v) is 6.03. The fraction of sp³-hybridized carbons (Fsp3) is 0. The van der Waals surface area contributed by atoms with E-state index in [1.807, 2.05) is 54.7 Å². The Morgan fingerprint density at radius 2 is 1.40 bits per heavy atom. The minimum absolute atomic E-state index is 0. The van der Waals surface area contributed by atoms with E-state index in [0.717, 1.165) is 60.8 Å². The predicted molar refractivity (Wildman–Crippen MR) is 177 cm³/mol. The molecule has 0 aliphatic rings. The molecule has 1 radical (unpaired) electrons. The normalized spacial score (nSPS) is 11.0. The summed E-state index contributed by atoms with van der Waals surface area (Å²) in [7, 11) is 0. The van der Waals surface area contributed by atoms with Crippen LogP contribution in [0.15, 0.2) is 146 Å². The summed E-state index contributed by atoms with van der Waals surface area (Å²) in [6.45, 7) is 0. The van der Waals surface area contributed by atoms with Crippen LogP contribution < -0.4 is 0 Å². The van der Waals surface area contributed by atoms with Crippen molar-refractivity contribution in [2.45, 2.75) is 0 Å². The largest absolute Gasteiger partial charge is 0.309 e. The van der Waals surface area contributed by atoms with Crippen LogP contribution in [0.4, 0.5) is 4.39 Å². The molecule has 4 aromatic heterocycles. The summed E-state index contributed by atoms with van der Waals surface area (Å²) in [6, 6.07) is 49.9. The standard InChI is InChI=1S/C29H16FN2.C11H8N.Ir/c30-21-13-10-19(11-14-21)28-27-23-16-20(18-6-2-1-3-7-18)12-15-26(23)32-25-9-5-4-8-22(25)24(17-31-28)29(27)32;1-2-6-10(7-3-1)11-8-4-5-9-12-11;/h1-10,12-17H;1-6,8-9H;/q2*-1;. The monoisotopic (exact) mass is 758 g/mol. The van der Waals surface area contributed by atoms with Gasteiger partial charge in [0.25, 0.3) is 0 Å². The number of rotatable bonds is 3. The number of para-hydroxylation sites is 1. The van der Waals surface area contributed by atoms with E-state index in [0.29, 0.717) is 0 Å². The van der Waals surface area contributed by atoms with Crippen molar-refractivity contribution >= 4 is 38.1 Å². The Hall–Kier alpha value is -5.22. The first-order valence-electron chi connectivity index (χ1n) is 14.4. The van der Waals surface area contributed by atoms with Gasteiger partial charge >= 0.3 is 0 Å². The van der Waals surface area contributed by atoms with E-state index < -0.39 is 0 Å². The van der Waals surface area contributed by atoms with Gasteiger partial charge in [-0.1, -0.05) is 66.7 Å². The summed E-state index contributed by atoms with van der Waals surface area (Å²) in [5.74, 6) is -0.299. The summed E-state index contributed by atoms with van der Waals surface area (Å²) in [6.07, 6.45) is 3.73. The molecule has 5 heteroatoms. The predicted octanol–water partition coefficient (Wildman–Crippen LogP) is 10.1. The van der Waals surface area contributed by atoms with Crippen LogP contribution in [-0.2, 0) is 20.1 Å². The second kappa shape index (κ2) is 12.0. The molecule has 0 saturated carbocycles. The zero-order valence-corrected chi connectivity index (χ0v) is 26.3. The van der Waals surface area contributed by atoms with Crippen LogP contribution in [0, 0.1) is 17.9 Å². The first-order chi connectivity index (χ1) is 21.8. The van der Waals surface area contributed by atoms with E-state index >= 15 is 0 Å². The van der Waals surface area contributed by atoms with Crippen LogP contribution >= 0.6 is 0 Å². The zero-order valence-electron chi connectivity index (χ0n) is 23.9. The Kier molecular flexibility index (Phi) is 7.64. The number of fused-ring (bicyclic) bond motifs is 6. The molecule has 9 rings (SSSR count). The van der Waals surface area contributed by atoms with Crippen LogP contribution in [0.3, 0.4) is 0 Å². The summed E-state index contributed by atoms with van der Waals surface area (Å²) in [4.78, 5) is 9.09. The number of hydrogen-bond acceptors (Lipinski definition) is 2. The topological polar surface area (TPSA) is 30.2 Å². The molecule has 0 saturated heterocycles. The fourth-order valence-electron chi connectivity index (χ4n) is 6.03. The van der Waals surface area contributed by atoms with E-state index in [2.05, 4.69) is 88.2 Å². The van der Waals surface area contributed by atoms with Gasteiger partial charge in [0, 0.05) is 54.5 Å². The summed E-state index contributed by atoms with van der Waals surface area (Å²) >= 11 is 0. The molecular formula is C40H24FIrN3-2. The molecule has 217 valence electrons. The third-order valence-electron chi connectivity index (χ3n) is 8.00. The zero-order chi connectivity index (χ0) is 29.5. The second-order valence-electron chi connectivity index (χ2n) is 10.6. The van der Waals surface area contributed by atoms with Gasteiger partial charge in [-0.2, -0.15) is 0 Å². The average Bonchev–Trinajstić information content (AvgIpc) is 3.62. The Morgan fingerprint density at radius 3 is 2.18 bits per heavy atom. The van der Waals surface area contributed by atoms with Gasteiger partial charge in [0.2, 0.25) is 0 Å². The van der Waals surface area contributed by atoms with Crippen LogP contribution in [0.25, 0.3) is 71.7 Å². The van der Waals surface area contributed by atoms with Gasteiger partial charge in [-0.15, -0.1) is 65.7 Å². The molecule has 0 aliphatic heterocycles. The van der Waals surface area contributed by atoms with Crippen molar-refractivity contribution in [2.24, 2.45) is 0 Å². The van der Waals surface area contributed by atoms with Crippen molar-refractivity contribution in [3.63, 3.8) is 0 Å². The number of pyridine rings is 2. The molecule has 9 aromatic rings. The number of hydrogen-bond donors (Lipinski definition) is 0.